The number of hydrogen-bond donors (Lipinski definition) is 3. The van der Waals surface area contributed by atoms with Gasteiger partial charge in [0.05, 0.1) is 11.4 Å². The highest BCUT2D eigenvalue weighted by Crippen LogP contribution is 2.36. The van der Waals surface area contributed by atoms with E-state index < -0.39 is 0 Å². The van der Waals surface area contributed by atoms with Crippen molar-refractivity contribution in [1.82, 2.24) is 15.1 Å². The fraction of sp³-hybridized carbons (Fsp3) is 0.400. The lowest BCUT2D eigenvalue weighted by Crippen LogP contribution is -2.49. The van der Waals surface area contributed by atoms with Crippen molar-refractivity contribution in [2.45, 2.75) is 32.2 Å². The maximum Gasteiger partial charge on any atom is 0.137 e. The molecule has 0 bridgehead atoms. The summed E-state index contributed by atoms with van der Waals surface area (Å²) in [5.41, 5.74) is 11.0. The number of rotatable bonds is 3. The van der Waals surface area contributed by atoms with Gasteiger partial charge in [-0.3, -0.25) is 4.90 Å². The zero-order chi connectivity index (χ0) is 18.1. The molecule has 1 aliphatic carbocycles. The van der Waals surface area contributed by atoms with Crippen LogP contribution in [0.15, 0.2) is 63.9 Å². The highest BCUT2D eigenvalue weighted by Gasteiger charge is 2.28. The first-order valence-corrected chi connectivity index (χ1v) is 9.32. The lowest BCUT2D eigenvalue weighted by Gasteiger charge is -2.38. The number of fused-ring (bicyclic) bond motifs is 1. The zero-order valence-corrected chi connectivity index (χ0v) is 15.2. The van der Waals surface area contributed by atoms with Gasteiger partial charge in [0.1, 0.15) is 5.84 Å². The first-order chi connectivity index (χ1) is 12.7. The minimum atomic E-state index is 0.496. The molecular weight excluding hydrogens is 324 g/mol. The Labute approximate surface area is 154 Å². The third kappa shape index (κ3) is 3.01. The predicted molar refractivity (Wildman–Crippen MR) is 106 cm³/mol. The third-order valence-corrected chi connectivity index (χ3v) is 5.36. The van der Waals surface area contributed by atoms with Crippen LogP contribution in [0.5, 0.6) is 0 Å². The van der Waals surface area contributed by atoms with Gasteiger partial charge in [-0.05, 0) is 50.0 Å². The van der Waals surface area contributed by atoms with Crippen LogP contribution in [0.1, 0.15) is 26.2 Å². The summed E-state index contributed by atoms with van der Waals surface area (Å²) in [4.78, 5) is 9.38. The number of nitrogens with one attached hydrogen (secondary N) is 2. The van der Waals surface area contributed by atoms with E-state index in [-0.39, 0.29) is 0 Å². The molecule has 4 aliphatic rings. The van der Waals surface area contributed by atoms with Crippen LogP contribution in [0.3, 0.4) is 0 Å². The third-order valence-electron chi connectivity index (χ3n) is 5.36. The number of piperazine rings is 1. The second-order valence-electron chi connectivity index (χ2n) is 7.17. The van der Waals surface area contributed by atoms with Crippen LogP contribution in [0, 0.1) is 5.41 Å². The van der Waals surface area contributed by atoms with E-state index in [9.17, 15) is 0 Å². The van der Waals surface area contributed by atoms with E-state index in [1.807, 2.05) is 0 Å². The molecule has 2 fully saturated rings. The van der Waals surface area contributed by atoms with Crippen molar-refractivity contribution < 1.29 is 0 Å². The number of aliphatic imine (C=N–C) groups is 1. The van der Waals surface area contributed by atoms with Crippen molar-refractivity contribution >= 4 is 12.1 Å². The number of hydrogen-bond acceptors (Lipinski definition) is 6. The molecular formula is C20H26N6. The monoisotopic (exact) mass is 350 g/mol. The standard InChI is InChI=1S/C20H26N6/c1-14-12-25(8-7-23-14)17-5-6-20-24-18(16(10-21)11-22)9-19(26(20)13-17)15-3-2-4-15/h5-6,9-11,13-14,21,23H,2-4,7-8,12,22H2,1H3/b16-11+,21-10?/t14-/m0/s1. The van der Waals surface area contributed by atoms with E-state index in [0.717, 1.165) is 44.0 Å². The Kier molecular flexibility index (Phi) is 4.51. The van der Waals surface area contributed by atoms with Crippen molar-refractivity contribution in [3.63, 3.8) is 0 Å². The molecule has 0 aromatic carbocycles. The van der Waals surface area contributed by atoms with E-state index in [1.54, 1.807) is 0 Å². The first kappa shape index (κ1) is 16.8. The van der Waals surface area contributed by atoms with E-state index in [0.29, 0.717) is 11.6 Å². The van der Waals surface area contributed by atoms with Gasteiger partial charge in [-0.25, -0.2) is 4.99 Å². The molecule has 1 saturated carbocycles. The topological polar surface area (TPSA) is 80.7 Å². The predicted octanol–water partition coefficient (Wildman–Crippen LogP) is 2.22. The number of nitrogens with two attached hydrogens (primary N) is 1. The Bertz CT molecular complexity index is 789. The van der Waals surface area contributed by atoms with Gasteiger partial charge in [0, 0.05) is 55.6 Å². The minimum Gasteiger partial charge on any atom is -0.404 e. The average Bonchev–Trinajstić information content (AvgIpc) is 2.61. The second kappa shape index (κ2) is 6.96. The lowest BCUT2D eigenvalue weighted by atomic mass is 9.89. The summed E-state index contributed by atoms with van der Waals surface area (Å²) in [5, 5.41) is 11.1. The molecule has 0 aromatic rings. The highest BCUT2D eigenvalue weighted by atomic mass is 15.3. The summed E-state index contributed by atoms with van der Waals surface area (Å²) >= 11 is 0. The lowest BCUT2D eigenvalue weighted by molar-refractivity contribution is 0.259. The minimum absolute atomic E-state index is 0.496. The average molecular weight is 350 g/mol. The van der Waals surface area contributed by atoms with Crippen LogP contribution >= 0.6 is 0 Å². The quantitative estimate of drug-likeness (QED) is 0.682. The molecule has 0 amide bonds. The molecule has 3 aliphatic heterocycles. The Morgan fingerprint density at radius 2 is 2.23 bits per heavy atom. The fourth-order valence-electron chi connectivity index (χ4n) is 3.71. The number of amidine groups is 1. The molecule has 6 nitrogen and oxygen atoms in total. The zero-order valence-electron chi connectivity index (χ0n) is 15.2. The summed E-state index contributed by atoms with van der Waals surface area (Å²) in [6, 6.07) is 0.496. The molecule has 4 N–H and O–H groups in total. The van der Waals surface area contributed by atoms with Gasteiger partial charge in [0.2, 0.25) is 0 Å². The molecule has 0 radical (unpaired) electrons. The normalized spacial score (nSPS) is 26.0. The van der Waals surface area contributed by atoms with Gasteiger partial charge in [0.15, 0.2) is 0 Å². The van der Waals surface area contributed by atoms with Gasteiger partial charge in [0.25, 0.3) is 0 Å². The molecule has 0 aromatic heterocycles. The van der Waals surface area contributed by atoms with Gasteiger partial charge in [-0.2, -0.15) is 0 Å². The van der Waals surface area contributed by atoms with Gasteiger partial charge in [-0.15, -0.1) is 0 Å². The van der Waals surface area contributed by atoms with Crippen molar-refractivity contribution in [1.29, 1.82) is 5.41 Å². The van der Waals surface area contributed by atoms with Gasteiger partial charge in [-0.1, -0.05) is 0 Å². The summed E-state index contributed by atoms with van der Waals surface area (Å²) in [7, 11) is 0. The first-order valence-electron chi connectivity index (χ1n) is 9.32. The van der Waals surface area contributed by atoms with Crippen molar-refractivity contribution in [2.75, 3.05) is 19.6 Å². The highest BCUT2D eigenvalue weighted by molar-refractivity contribution is 6.00. The van der Waals surface area contributed by atoms with Crippen LogP contribution in [0.25, 0.3) is 0 Å². The summed E-state index contributed by atoms with van der Waals surface area (Å²) < 4.78 is 0. The van der Waals surface area contributed by atoms with Crippen LogP contribution in [-0.2, 0) is 0 Å². The summed E-state index contributed by atoms with van der Waals surface area (Å²) in [5.74, 6) is 0.894. The van der Waals surface area contributed by atoms with Gasteiger partial charge < -0.3 is 21.4 Å². The maximum atomic E-state index is 7.59. The Hall–Kier alpha value is -2.60. The van der Waals surface area contributed by atoms with E-state index in [4.69, 9.17) is 16.1 Å². The van der Waals surface area contributed by atoms with Crippen molar-refractivity contribution in [3.8, 4) is 0 Å². The smallest absolute Gasteiger partial charge is 0.137 e. The van der Waals surface area contributed by atoms with E-state index in [1.165, 1.54) is 35.8 Å². The fourth-order valence-corrected chi connectivity index (χ4v) is 3.71. The maximum absolute atomic E-state index is 7.59. The molecule has 1 saturated heterocycles. The molecule has 4 rings (SSSR count). The Morgan fingerprint density at radius 1 is 1.38 bits per heavy atom. The second-order valence-corrected chi connectivity index (χ2v) is 7.17. The van der Waals surface area contributed by atoms with Crippen molar-refractivity contribution in [2.24, 2.45) is 10.7 Å². The largest absolute Gasteiger partial charge is 0.404 e. The summed E-state index contributed by atoms with van der Waals surface area (Å²) in [6.45, 7) is 5.26. The van der Waals surface area contributed by atoms with Crippen LogP contribution in [-0.4, -0.2) is 47.5 Å². The van der Waals surface area contributed by atoms with E-state index in [2.05, 4.69) is 46.5 Å². The molecule has 0 unspecified atom stereocenters. The Balaban J connectivity index is 1.69. The van der Waals surface area contributed by atoms with E-state index >= 15 is 0 Å². The molecule has 3 heterocycles. The SMILES string of the molecule is C[C@H]1CN(C2=CN3C(=NC(/C(C=N)=C/N)=CC3=C3CCC3)C=C2)CCN1. The van der Waals surface area contributed by atoms with Gasteiger partial charge >= 0.3 is 0 Å². The molecule has 136 valence electrons. The number of allylic oxidation sites excluding steroid dienone is 4. The van der Waals surface area contributed by atoms with Crippen LogP contribution in [0.2, 0.25) is 0 Å². The van der Waals surface area contributed by atoms with Crippen molar-refractivity contribution in [3.05, 3.63) is 58.9 Å². The Morgan fingerprint density at radius 3 is 2.88 bits per heavy atom. The molecule has 0 spiro atoms. The van der Waals surface area contributed by atoms with Crippen LogP contribution < -0.4 is 11.1 Å². The molecule has 6 heteroatoms. The number of nitrogens with zero attached hydrogens (tertiary/aromatic N) is 3. The van der Waals surface area contributed by atoms with Crippen LogP contribution in [0.4, 0.5) is 0 Å². The summed E-state index contributed by atoms with van der Waals surface area (Å²) in [6.07, 6.45) is 14.7. The molecule has 26 heavy (non-hydrogen) atoms. The molecule has 1 atom stereocenters.